The SMILES string of the molecule is CCN[C@H](C)CNC(=O)c1csc(-c2ccc(Br)s2)n1. The number of thiophene rings is 1. The largest absolute Gasteiger partial charge is 0.349 e. The van der Waals surface area contributed by atoms with Crippen LogP contribution in [0.5, 0.6) is 0 Å². The summed E-state index contributed by atoms with van der Waals surface area (Å²) in [5, 5.41) is 8.82. The summed E-state index contributed by atoms with van der Waals surface area (Å²) < 4.78 is 1.06. The van der Waals surface area contributed by atoms with E-state index in [0.717, 1.165) is 20.2 Å². The lowest BCUT2D eigenvalue weighted by Crippen LogP contribution is -2.38. The smallest absolute Gasteiger partial charge is 0.270 e. The first kappa shape index (κ1) is 15.6. The Morgan fingerprint density at radius 1 is 1.50 bits per heavy atom. The summed E-state index contributed by atoms with van der Waals surface area (Å²) >= 11 is 6.53. The Kier molecular flexibility index (Phi) is 5.71. The Balaban J connectivity index is 1.96. The van der Waals surface area contributed by atoms with Gasteiger partial charge >= 0.3 is 0 Å². The minimum Gasteiger partial charge on any atom is -0.349 e. The highest BCUT2D eigenvalue weighted by Gasteiger charge is 2.13. The Hall–Kier alpha value is -0.760. The highest BCUT2D eigenvalue weighted by Crippen LogP contribution is 2.33. The summed E-state index contributed by atoms with van der Waals surface area (Å²) in [5.41, 5.74) is 0.484. The fourth-order valence-electron chi connectivity index (χ4n) is 1.68. The van der Waals surface area contributed by atoms with Crippen LogP contribution in [0.15, 0.2) is 21.3 Å². The van der Waals surface area contributed by atoms with Gasteiger partial charge in [-0.3, -0.25) is 4.79 Å². The molecule has 0 aliphatic rings. The minimum atomic E-state index is -0.118. The molecule has 0 saturated carbocycles. The molecule has 2 aromatic heterocycles. The molecule has 0 saturated heterocycles. The van der Waals surface area contributed by atoms with Gasteiger partial charge in [0.15, 0.2) is 0 Å². The van der Waals surface area contributed by atoms with Crippen molar-refractivity contribution in [3.63, 3.8) is 0 Å². The van der Waals surface area contributed by atoms with Crippen molar-refractivity contribution in [3.8, 4) is 9.88 Å². The van der Waals surface area contributed by atoms with Gasteiger partial charge in [0.1, 0.15) is 10.7 Å². The average molecular weight is 374 g/mol. The molecule has 2 rings (SSSR count). The molecule has 0 fully saturated rings. The number of aromatic nitrogens is 1. The van der Waals surface area contributed by atoms with Gasteiger partial charge < -0.3 is 10.6 Å². The van der Waals surface area contributed by atoms with Gasteiger partial charge in [-0.1, -0.05) is 6.92 Å². The first-order valence-corrected chi connectivity index (χ1v) is 8.82. The van der Waals surface area contributed by atoms with Gasteiger partial charge in [-0.15, -0.1) is 22.7 Å². The lowest BCUT2D eigenvalue weighted by atomic mass is 10.3. The van der Waals surface area contributed by atoms with E-state index in [0.29, 0.717) is 12.2 Å². The molecule has 0 spiro atoms. The molecule has 4 nitrogen and oxygen atoms in total. The van der Waals surface area contributed by atoms with Crippen molar-refractivity contribution < 1.29 is 4.79 Å². The molecule has 1 atom stereocenters. The predicted octanol–water partition coefficient (Wildman–Crippen LogP) is 3.36. The number of likely N-dealkylation sites (N-methyl/N-ethyl adjacent to an activating group) is 1. The molecule has 0 aromatic carbocycles. The van der Waals surface area contributed by atoms with Crippen LogP contribution in [0.4, 0.5) is 0 Å². The van der Waals surface area contributed by atoms with E-state index in [1.54, 1.807) is 16.7 Å². The molecule has 2 N–H and O–H groups in total. The number of carbonyl (C=O) groups excluding carboxylic acids is 1. The van der Waals surface area contributed by atoms with Crippen LogP contribution >= 0.6 is 38.6 Å². The summed E-state index contributed by atoms with van der Waals surface area (Å²) in [6.07, 6.45) is 0. The van der Waals surface area contributed by atoms with Crippen LogP contribution in [0.2, 0.25) is 0 Å². The summed E-state index contributed by atoms with van der Waals surface area (Å²) in [7, 11) is 0. The van der Waals surface area contributed by atoms with E-state index in [2.05, 4.69) is 31.5 Å². The van der Waals surface area contributed by atoms with E-state index in [1.807, 2.05) is 26.0 Å². The highest BCUT2D eigenvalue weighted by molar-refractivity contribution is 9.11. The molecule has 2 heterocycles. The first-order chi connectivity index (χ1) is 9.60. The van der Waals surface area contributed by atoms with Gasteiger partial charge in [-0.25, -0.2) is 4.98 Å². The Morgan fingerprint density at radius 3 is 2.95 bits per heavy atom. The fourth-order valence-corrected chi connectivity index (χ4v) is 3.94. The summed E-state index contributed by atoms with van der Waals surface area (Å²) in [5.74, 6) is -0.118. The van der Waals surface area contributed by atoms with E-state index in [9.17, 15) is 4.79 Å². The number of hydrogen-bond acceptors (Lipinski definition) is 5. The molecule has 0 radical (unpaired) electrons. The number of carbonyl (C=O) groups is 1. The molecular weight excluding hydrogens is 358 g/mol. The molecule has 0 unspecified atom stereocenters. The number of amides is 1. The van der Waals surface area contributed by atoms with Crippen molar-refractivity contribution in [1.82, 2.24) is 15.6 Å². The van der Waals surface area contributed by atoms with E-state index < -0.39 is 0 Å². The first-order valence-electron chi connectivity index (χ1n) is 6.33. The second-order valence-corrected chi connectivity index (χ2v) is 7.63. The lowest BCUT2D eigenvalue weighted by Gasteiger charge is -2.12. The maximum absolute atomic E-state index is 12.0. The summed E-state index contributed by atoms with van der Waals surface area (Å²) in [6.45, 7) is 5.58. The van der Waals surface area contributed by atoms with Gasteiger partial charge in [0.25, 0.3) is 5.91 Å². The molecular formula is C13H16BrN3OS2. The molecule has 0 bridgehead atoms. The highest BCUT2D eigenvalue weighted by atomic mass is 79.9. The van der Waals surface area contributed by atoms with Crippen LogP contribution in [0.25, 0.3) is 9.88 Å². The van der Waals surface area contributed by atoms with Crippen molar-refractivity contribution in [3.05, 3.63) is 27.0 Å². The second kappa shape index (κ2) is 7.31. The van der Waals surface area contributed by atoms with Gasteiger partial charge in [0.2, 0.25) is 0 Å². The summed E-state index contributed by atoms with van der Waals surface area (Å²) in [6, 6.07) is 4.25. The van der Waals surface area contributed by atoms with Crippen molar-refractivity contribution >= 4 is 44.5 Å². The zero-order valence-electron chi connectivity index (χ0n) is 11.3. The Labute approximate surface area is 134 Å². The van der Waals surface area contributed by atoms with Crippen LogP contribution < -0.4 is 10.6 Å². The normalized spacial score (nSPS) is 12.3. The van der Waals surface area contributed by atoms with E-state index >= 15 is 0 Å². The van der Waals surface area contributed by atoms with Gasteiger partial charge in [0, 0.05) is 18.0 Å². The molecule has 108 valence electrons. The van der Waals surface area contributed by atoms with E-state index in [-0.39, 0.29) is 11.9 Å². The van der Waals surface area contributed by atoms with Gasteiger partial charge in [-0.05, 0) is 41.5 Å². The van der Waals surface area contributed by atoms with Crippen LogP contribution in [0.1, 0.15) is 24.3 Å². The number of nitrogens with zero attached hydrogens (tertiary/aromatic N) is 1. The molecule has 7 heteroatoms. The van der Waals surface area contributed by atoms with E-state index in [1.165, 1.54) is 11.3 Å². The number of nitrogens with one attached hydrogen (secondary N) is 2. The van der Waals surface area contributed by atoms with Crippen molar-refractivity contribution in [2.24, 2.45) is 0 Å². The molecule has 1 amide bonds. The monoisotopic (exact) mass is 373 g/mol. The maximum Gasteiger partial charge on any atom is 0.270 e. The molecule has 0 aliphatic carbocycles. The van der Waals surface area contributed by atoms with Crippen molar-refractivity contribution in [2.45, 2.75) is 19.9 Å². The number of rotatable bonds is 6. The van der Waals surface area contributed by atoms with Crippen LogP contribution in [0.3, 0.4) is 0 Å². The third kappa shape index (κ3) is 4.12. The standard InChI is InChI=1S/C13H16BrN3OS2/c1-3-15-8(2)6-16-12(18)9-7-19-13(17-9)10-4-5-11(14)20-10/h4-5,7-8,15H,3,6H2,1-2H3,(H,16,18)/t8-/m1/s1. The summed E-state index contributed by atoms with van der Waals surface area (Å²) in [4.78, 5) is 17.5. The van der Waals surface area contributed by atoms with Crippen molar-refractivity contribution in [2.75, 3.05) is 13.1 Å². The Bertz CT molecular complexity index is 582. The number of halogens is 1. The molecule has 20 heavy (non-hydrogen) atoms. The predicted molar refractivity (Wildman–Crippen MR) is 88.6 cm³/mol. The van der Waals surface area contributed by atoms with E-state index in [4.69, 9.17) is 0 Å². The molecule has 2 aromatic rings. The molecule has 0 aliphatic heterocycles. The zero-order valence-corrected chi connectivity index (χ0v) is 14.5. The average Bonchev–Trinajstić information content (AvgIpc) is 3.04. The zero-order chi connectivity index (χ0) is 14.5. The van der Waals surface area contributed by atoms with Crippen LogP contribution in [-0.2, 0) is 0 Å². The number of thiazole rings is 1. The lowest BCUT2D eigenvalue weighted by molar-refractivity contribution is 0.0946. The second-order valence-electron chi connectivity index (χ2n) is 4.31. The van der Waals surface area contributed by atoms with Crippen LogP contribution in [-0.4, -0.2) is 30.0 Å². The van der Waals surface area contributed by atoms with Gasteiger partial charge in [0.05, 0.1) is 8.66 Å². The van der Waals surface area contributed by atoms with Crippen molar-refractivity contribution in [1.29, 1.82) is 0 Å². The van der Waals surface area contributed by atoms with Crippen LogP contribution in [0, 0.1) is 0 Å². The maximum atomic E-state index is 12.0. The number of hydrogen-bond donors (Lipinski definition) is 2. The van der Waals surface area contributed by atoms with Gasteiger partial charge in [-0.2, -0.15) is 0 Å². The quantitative estimate of drug-likeness (QED) is 0.815. The fraction of sp³-hybridized carbons (Fsp3) is 0.385. The third-order valence-corrected chi connectivity index (χ3v) is 5.28. The topological polar surface area (TPSA) is 54.0 Å². The Morgan fingerprint density at radius 2 is 2.30 bits per heavy atom. The third-order valence-electron chi connectivity index (χ3n) is 2.64. The minimum absolute atomic E-state index is 0.118.